The molecule has 0 fully saturated rings. The third-order valence-electron chi connectivity index (χ3n) is 2.18. The number of nitriles is 1. The molecule has 1 heterocycles. The van der Waals surface area contributed by atoms with Gasteiger partial charge in [-0.05, 0) is 19.1 Å². The molecule has 5 nitrogen and oxygen atoms in total. The normalized spacial score (nSPS) is 9.88. The lowest BCUT2D eigenvalue weighted by Crippen LogP contribution is -1.91. The monoisotopic (exact) mass is 228 g/mol. The van der Waals surface area contributed by atoms with Crippen LogP contribution >= 0.6 is 0 Å². The Hall–Kier alpha value is -2.35. The SMILES string of the molecule is CCOc1cccc(-c2n[nH]c(CC#N)n2)c1. The fourth-order valence-corrected chi connectivity index (χ4v) is 1.47. The minimum atomic E-state index is 0.234. The van der Waals surface area contributed by atoms with E-state index in [1.54, 1.807) is 0 Å². The third-order valence-corrected chi connectivity index (χ3v) is 2.18. The molecule has 0 spiro atoms. The molecule has 0 bridgehead atoms. The summed E-state index contributed by atoms with van der Waals surface area (Å²) in [7, 11) is 0. The van der Waals surface area contributed by atoms with E-state index in [4.69, 9.17) is 10.00 Å². The van der Waals surface area contributed by atoms with Gasteiger partial charge in [-0.15, -0.1) is 0 Å². The molecule has 1 N–H and O–H groups in total. The summed E-state index contributed by atoms with van der Waals surface area (Å²) in [5, 5.41) is 15.4. The molecule has 0 aliphatic rings. The molecule has 86 valence electrons. The van der Waals surface area contributed by atoms with Gasteiger partial charge in [0.2, 0.25) is 0 Å². The molecule has 0 unspecified atom stereocenters. The van der Waals surface area contributed by atoms with Crippen molar-refractivity contribution >= 4 is 0 Å². The van der Waals surface area contributed by atoms with E-state index in [1.165, 1.54) is 0 Å². The molecule has 0 atom stereocenters. The number of hydrogen-bond donors (Lipinski definition) is 1. The van der Waals surface area contributed by atoms with Gasteiger partial charge in [0.05, 0.1) is 19.1 Å². The first kappa shape index (κ1) is 11.1. The van der Waals surface area contributed by atoms with E-state index in [0.29, 0.717) is 18.3 Å². The van der Waals surface area contributed by atoms with Crippen LogP contribution in [-0.4, -0.2) is 21.8 Å². The van der Waals surface area contributed by atoms with Crippen molar-refractivity contribution in [1.82, 2.24) is 15.2 Å². The summed E-state index contributed by atoms with van der Waals surface area (Å²) < 4.78 is 5.40. The van der Waals surface area contributed by atoms with Crippen molar-refractivity contribution in [1.29, 1.82) is 5.26 Å². The Bertz CT molecular complexity index is 541. The molecular formula is C12H12N4O. The smallest absolute Gasteiger partial charge is 0.181 e. The van der Waals surface area contributed by atoms with Gasteiger partial charge in [-0.25, -0.2) is 4.98 Å². The lowest BCUT2D eigenvalue weighted by Gasteiger charge is -2.03. The number of hydrogen-bond acceptors (Lipinski definition) is 4. The average Bonchev–Trinajstić information content (AvgIpc) is 2.79. The lowest BCUT2D eigenvalue weighted by atomic mass is 10.2. The topological polar surface area (TPSA) is 74.6 Å². The fourth-order valence-electron chi connectivity index (χ4n) is 1.47. The summed E-state index contributed by atoms with van der Waals surface area (Å²) in [6.07, 6.45) is 0.234. The maximum Gasteiger partial charge on any atom is 0.181 e. The second-order valence-corrected chi connectivity index (χ2v) is 3.40. The number of nitrogens with zero attached hydrogens (tertiary/aromatic N) is 3. The number of benzene rings is 1. The number of nitrogens with one attached hydrogen (secondary N) is 1. The van der Waals surface area contributed by atoms with E-state index < -0.39 is 0 Å². The first-order valence-electron chi connectivity index (χ1n) is 5.35. The van der Waals surface area contributed by atoms with Crippen LogP contribution in [-0.2, 0) is 6.42 Å². The van der Waals surface area contributed by atoms with Gasteiger partial charge in [0.1, 0.15) is 11.6 Å². The summed E-state index contributed by atoms with van der Waals surface area (Å²) in [6, 6.07) is 9.58. The van der Waals surface area contributed by atoms with Crippen LogP contribution in [0.4, 0.5) is 0 Å². The van der Waals surface area contributed by atoms with Crippen molar-refractivity contribution in [2.24, 2.45) is 0 Å². The summed E-state index contributed by atoms with van der Waals surface area (Å²) >= 11 is 0. The first-order chi connectivity index (χ1) is 8.33. The molecule has 0 amide bonds. The van der Waals surface area contributed by atoms with Crippen molar-refractivity contribution in [3.8, 4) is 23.2 Å². The van der Waals surface area contributed by atoms with E-state index in [2.05, 4.69) is 15.2 Å². The predicted octanol–water partition coefficient (Wildman–Crippen LogP) is 1.94. The summed E-state index contributed by atoms with van der Waals surface area (Å²) in [5.74, 6) is 1.94. The van der Waals surface area contributed by atoms with Crippen LogP contribution < -0.4 is 4.74 Å². The predicted molar refractivity (Wildman–Crippen MR) is 62.3 cm³/mol. The summed E-state index contributed by atoms with van der Waals surface area (Å²) in [4.78, 5) is 4.23. The van der Waals surface area contributed by atoms with Gasteiger partial charge in [-0.1, -0.05) is 12.1 Å². The van der Waals surface area contributed by atoms with Crippen molar-refractivity contribution in [2.45, 2.75) is 13.3 Å². The maximum atomic E-state index is 8.56. The van der Waals surface area contributed by atoms with E-state index in [0.717, 1.165) is 11.3 Å². The van der Waals surface area contributed by atoms with Gasteiger partial charge < -0.3 is 4.74 Å². The van der Waals surface area contributed by atoms with Crippen LogP contribution in [0.2, 0.25) is 0 Å². The second kappa shape index (κ2) is 5.12. The Balaban J connectivity index is 2.26. The van der Waals surface area contributed by atoms with E-state index in [9.17, 15) is 0 Å². The molecule has 0 aliphatic heterocycles. The van der Waals surface area contributed by atoms with Gasteiger partial charge in [-0.3, -0.25) is 5.10 Å². The summed E-state index contributed by atoms with van der Waals surface area (Å²) in [5.41, 5.74) is 0.872. The van der Waals surface area contributed by atoms with Gasteiger partial charge >= 0.3 is 0 Å². The zero-order chi connectivity index (χ0) is 12.1. The number of ether oxygens (including phenoxy) is 1. The van der Waals surface area contributed by atoms with Crippen LogP contribution in [0.15, 0.2) is 24.3 Å². The molecule has 2 aromatic rings. The third kappa shape index (κ3) is 2.61. The van der Waals surface area contributed by atoms with E-state index >= 15 is 0 Å². The highest BCUT2D eigenvalue weighted by molar-refractivity contribution is 5.57. The Kier molecular flexibility index (Phi) is 3.36. The molecule has 17 heavy (non-hydrogen) atoms. The van der Waals surface area contributed by atoms with Gasteiger partial charge in [0, 0.05) is 5.56 Å². The van der Waals surface area contributed by atoms with Gasteiger partial charge in [0.25, 0.3) is 0 Å². The molecule has 1 aromatic heterocycles. The van der Waals surface area contributed by atoms with E-state index in [-0.39, 0.29) is 6.42 Å². The molecule has 1 aromatic carbocycles. The number of rotatable bonds is 4. The Morgan fingerprint density at radius 3 is 3.12 bits per heavy atom. The maximum absolute atomic E-state index is 8.56. The molecular weight excluding hydrogens is 216 g/mol. The van der Waals surface area contributed by atoms with Crippen LogP contribution in [0.25, 0.3) is 11.4 Å². The molecule has 0 aliphatic carbocycles. The van der Waals surface area contributed by atoms with Gasteiger partial charge in [0.15, 0.2) is 5.82 Å². The molecule has 2 rings (SSSR count). The molecule has 0 radical (unpaired) electrons. The van der Waals surface area contributed by atoms with Crippen LogP contribution in [0.5, 0.6) is 5.75 Å². The quantitative estimate of drug-likeness (QED) is 0.867. The highest BCUT2D eigenvalue weighted by Crippen LogP contribution is 2.20. The average molecular weight is 228 g/mol. The zero-order valence-electron chi connectivity index (χ0n) is 9.47. The first-order valence-corrected chi connectivity index (χ1v) is 5.35. The Morgan fingerprint density at radius 2 is 2.35 bits per heavy atom. The highest BCUT2D eigenvalue weighted by atomic mass is 16.5. The van der Waals surface area contributed by atoms with Gasteiger partial charge in [-0.2, -0.15) is 10.4 Å². The lowest BCUT2D eigenvalue weighted by molar-refractivity contribution is 0.340. The number of aromatic amines is 1. The van der Waals surface area contributed by atoms with Crippen molar-refractivity contribution < 1.29 is 4.74 Å². The minimum absolute atomic E-state index is 0.234. The highest BCUT2D eigenvalue weighted by Gasteiger charge is 2.06. The van der Waals surface area contributed by atoms with Crippen molar-refractivity contribution in [2.75, 3.05) is 6.61 Å². The summed E-state index contributed by atoms with van der Waals surface area (Å²) in [6.45, 7) is 2.56. The largest absolute Gasteiger partial charge is 0.494 e. The molecule has 0 saturated carbocycles. The standard InChI is InChI=1S/C12H12N4O/c1-2-17-10-5-3-4-9(8-10)12-14-11(6-7-13)15-16-12/h3-5,8H,2,6H2,1H3,(H,14,15,16). The number of H-pyrrole nitrogens is 1. The molecule has 0 saturated heterocycles. The number of aromatic nitrogens is 3. The van der Waals surface area contributed by atoms with Crippen LogP contribution in [0.1, 0.15) is 12.7 Å². The molecule has 5 heteroatoms. The van der Waals surface area contributed by atoms with Crippen LogP contribution in [0.3, 0.4) is 0 Å². The second-order valence-electron chi connectivity index (χ2n) is 3.40. The zero-order valence-corrected chi connectivity index (χ0v) is 9.47. The van der Waals surface area contributed by atoms with Crippen LogP contribution in [0, 0.1) is 11.3 Å². The van der Waals surface area contributed by atoms with Crippen molar-refractivity contribution in [3.63, 3.8) is 0 Å². The Morgan fingerprint density at radius 1 is 1.47 bits per heavy atom. The minimum Gasteiger partial charge on any atom is -0.494 e. The fraction of sp³-hybridized carbons (Fsp3) is 0.250. The van der Waals surface area contributed by atoms with E-state index in [1.807, 2.05) is 37.3 Å². The Labute approximate surface area is 99.1 Å². The van der Waals surface area contributed by atoms with Crippen molar-refractivity contribution in [3.05, 3.63) is 30.1 Å².